The third kappa shape index (κ3) is 4.55. The zero-order valence-corrected chi connectivity index (χ0v) is 19.1. The minimum atomic E-state index is -0.459. The van der Waals surface area contributed by atoms with E-state index in [1.807, 2.05) is 6.07 Å². The van der Waals surface area contributed by atoms with E-state index in [1.54, 1.807) is 51.6 Å². The van der Waals surface area contributed by atoms with Crippen LogP contribution >= 0.6 is 0 Å². The number of ether oxygens (including phenoxy) is 2. The predicted octanol–water partition coefficient (Wildman–Crippen LogP) is 3.78. The van der Waals surface area contributed by atoms with E-state index in [0.29, 0.717) is 29.2 Å². The van der Waals surface area contributed by atoms with Crippen molar-refractivity contribution in [2.45, 2.75) is 31.7 Å². The van der Waals surface area contributed by atoms with Crippen LogP contribution in [0.3, 0.4) is 0 Å². The van der Waals surface area contributed by atoms with Gasteiger partial charge < -0.3 is 14.4 Å². The van der Waals surface area contributed by atoms with E-state index in [2.05, 4.69) is 5.10 Å². The molecule has 1 heterocycles. The summed E-state index contributed by atoms with van der Waals surface area (Å²) in [7, 11) is 4.74. The van der Waals surface area contributed by atoms with E-state index >= 15 is 0 Å². The fourth-order valence-electron chi connectivity index (χ4n) is 4.24. The monoisotopic (exact) mass is 453 g/mol. The summed E-state index contributed by atoms with van der Waals surface area (Å²) in [5.41, 5.74) is 1.62. The van der Waals surface area contributed by atoms with Gasteiger partial charge in [0.25, 0.3) is 5.91 Å². The molecule has 1 aliphatic heterocycles. The van der Waals surface area contributed by atoms with Gasteiger partial charge in [0.2, 0.25) is 5.91 Å². The molecule has 0 bridgehead atoms. The normalized spacial score (nSPS) is 17.9. The van der Waals surface area contributed by atoms with Crippen LogP contribution < -0.4 is 9.47 Å². The van der Waals surface area contributed by atoms with Gasteiger partial charge in [-0.15, -0.1) is 0 Å². The van der Waals surface area contributed by atoms with Gasteiger partial charge in [0, 0.05) is 24.9 Å². The molecule has 2 aliphatic rings. The quantitative estimate of drug-likeness (QED) is 0.640. The van der Waals surface area contributed by atoms with Crippen LogP contribution in [0.2, 0.25) is 0 Å². The lowest BCUT2D eigenvalue weighted by Gasteiger charge is -2.30. The van der Waals surface area contributed by atoms with E-state index < -0.39 is 11.9 Å². The molecule has 2 aromatic rings. The maximum absolute atomic E-state index is 14.5. The molecular formula is C25H28FN3O4. The van der Waals surface area contributed by atoms with Crippen molar-refractivity contribution in [3.8, 4) is 11.5 Å². The molecule has 4 rings (SSSR count). The van der Waals surface area contributed by atoms with Gasteiger partial charge in [-0.1, -0.05) is 30.7 Å². The fraction of sp³-hybridized carbons (Fsp3) is 0.400. The summed E-state index contributed by atoms with van der Waals surface area (Å²) < 4.78 is 25.2. The highest BCUT2D eigenvalue weighted by Crippen LogP contribution is 2.38. The van der Waals surface area contributed by atoms with Crippen LogP contribution in [0.1, 0.15) is 42.9 Å². The average molecular weight is 454 g/mol. The van der Waals surface area contributed by atoms with E-state index in [9.17, 15) is 14.0 Å². The van der Waals surface area contributed by atoms with Gasteiger partial charge in [0.15, 0.2) is 11.5 Å². The molecule has 1 saturated carbocycles. The van der Waals surface area contributed by atoms with Crippen molar-refractivity contribution in [1.82, 2.24) is 9.91 Å². The second-order valence-electron chi connectivity index (χ2n) is 8.42. The van der Waals surface area contributed by atoms with Gasteiger partial charge in [-0.3, -0.25) is 9.59 Å². The predicted molar refractivity (Wildman–Crippen MR) is 122 cm³/mol. The standard InChI is InChI=1S/C25H28FN3O4/c1-28(25(31)16-7-6-8-16)15-24(30)29-21(17-11-12-22(32-2)23(13-17)33-3)14-20(27-29)18-9-4-5-10-19(18)26/h4-5,9-13,16,21H,6-8,14-15H2,1-3H3/t21-/m1/s1. The molecule has 33 heavy (non-hydrogen) atoms. The lowest BCUT2D eigenvalue weighted by atomic mass is 9.84. The molecule has 1 atom stereocenters. The molecular weight excluding hydrogens is 425 g/mol. The van der Waals surface area contributed by atoms with Crippen molar-refractivity contribution in [3.63, 3.8) is 0 Å². The smallest absolute Gasteiger partial charge is 0.262 e. The summed E-state index contributed by atoms with van der Waals surface area (Å²) >= 11 is 0. The summed E-state index contributed by atoms with van der Waals surface area (Å²) in [5, 5.41) is 5.89. The third-order valence-corrected chi connectivity index (χ3v) is 6.35. The third-order valence-electron chi connectivity index (χ3n) is 6.35. The second-order valence-corrected chi connectivity index (χ2v) is 8.42. The molecule has 0 radical (unpaired) electrons. The first-order valence-corrected chi connectivity index (χ1v) is 11.0. The van der Waals surface area contributed by atoms with Crippen molar-refractivity contribution < 1.29 is 23.5 Å². The highest BCUT2D eigenvalue weighted by atomic mass is 19.1. The van der Waals surface area contributed by atoms with Crippen molar-refractivity contribution in [2.75, 3.05) is 27.8 Å². The van der Waals surface area contributed by atoms with E-state index in [4.69, 9.17) is 9.47 Å². The molecule has 0 unspecified atom stereocenters. The minimum absolute atomic E-state index is 0.000464. The summed E-state index contributed by atoms with van der Waals surface area (Å²) in [6, 6.07) is 11.3. The summed E-state index contributed by atoms with van der Waals surface area (Å²) in [6.45, 7) is -0.0901. The number of hydrazone groups is 1. The topological polar surface area (TPSA) is 71.4 Å². The molecule has 174 valence electrons. The fourth-order valence-corrected chi connectivity index (χ4v) is 4.24. The van der Waals surface area contributed by atoms with E-state index in [-0.39, 0.29) is 24.3 Å². The average Bonchev–Trinajstić information content (AvgIpc) is 3.23. The Kier molecular flexibility index (Phi) is 6.62. The number of hydrogen-bond acceptors (Lipinski definition) is 5. The number of methoxy groups -OCH3 is 2. The maximum atomic E-state index is 14.5. The number of benzene rings is 2. The van der Waals surface area contributed by atoms with Gasteiger partial charge in [-0.2, -0.15) is 5.10 Å². The van der Waals surface area contributed by atoms with Crippen LogP contribution in [0.15, 0.2) is 47.6 Å². The molecule has 2 amide bonds. The lowest BCUT2D eigenvalue weighted by molar-refractivity contribution is -0.144. The zero-order valence-electron chi connectivity index (χ0n) is 19.1. The largest absolute Gasteiger partial charge is 0.493 e. The summed E-state index contributed by atoms with van der Waals surface area (Å²) in [5.74, 6) is 0.359. The number of carbonyl (C=O) groups is 2. The molecule has 0 aromatic heterocycles. The summed E-state index contributed by atoms with van der Waals surface area (Å²) in [6.07, 6.45) is 3.11. The Morgan fingerprint density at radius 1 is 1.12 bits per heavy atom. The van der Waals surface area contributed by atoms with Gasteiger partial charge in [-0.05, 0) is 36.6 Å². The first kappa shape index (κ1) is 22.8. The van der Waals surface area contributed by atoms with Crippen LogP contribution in [0, 0.1) is 11.7 Å². The van der Waals surface area contributed by atoms with Crippen LogP contribution in [-0.4, -0.2) is 55.2 Å². The molecule has 0 N–H and O–H groups in total. The van der Waals surface area contributed by atoms with Gasteiger partial charge in [-0.25, -0.2) is 9.40 Å². The number of nitrogens with zero attached hydrogens (tertiary/aromatic N) is 3. The highest BCUT2D eigenvalue weighted by molar-refractivity contribution is 6.03. The maximum Gasteiger partial charge on any atom is 0.262 e. The Bertz CT molecular complexity index is 1080. The molecule has 0 spiro atoms. The summed E-state index contributed by atoms with van der Waals surface area (Å²) in [4.78, 5) is 27.3. The molecule has 2 aromatic carbocycles. The van der Waals surface area contributed by atoms with Crippen LogP contribution in [-0.2, 0) is 9.59 Å². The Morgan fingerprint density at radius 2 is 1.85 bits per heavy atom. The highest BCUT2D eigenvalue weighted by Gasteiger charge is 2.36. The first-order valence-electron chi connectivity index (χ1n) is 11.0. The molecule has 7 nitrogen and oxygen atoms in total. The van der Waals surface area contributed by atoms with Gasteiger partial charge in [0.1, 0.15) is 12.4 Å². The number of rotatable bonds is 7. The molecule has 8 heteroatoms. The molecule has 1 fully saturated rings. The van der Waals surface area contributed by atoms with Crippen LogP contribution in [0.4, 0.5) is 4.39 Å². The molecule has 1 aliphatic carbocycles. The zero-order chi connectivity index (χ0) is 23.5. The van der Waals surface area contributed by atoms with Crippen molar-refractivity contribution in [3.05, 3.63) is 59.4 Å². The van der Waals surface area contributed by atoms with Crippen molar-refractivity contribution in [1.29, 1.82) is 0 Å². The lowest BCUT2D eigenvalue weighted by Crippen LogP contribution is -2.42. The second kappa shape index (κ2) is 9.60. The van der Waals surface area contributed by atoms with E-state index in [0.717, 1.165) is 24.8 Å². The van der Waals surface area contributed by atoms with Gasteiger partial charge in [0.05, 0.1) is 26.0 Å². The number of amides is 2. The first-order chi connectivity index (χ1) is 15.9. The molecule has 0 saturated heterocycles. The number of carbonyl (C=O) groups excluding carboxylic acids is 2. The van der Waals surface area contributed by atoms with Gasteiger partial charge >= 0.3 is 0 Å². The Balaban J connectivity index is 1.63. The van der Waals surface area contributed by atoms with E-state index in [1.165, 1.54) is 16.0 Å². The number of halogens is 1. The van der Waals surface area contributed by atoms with Crippen molar-refractivity contribution in [2.24, 2.45) is 11.0 Å². The minimum Gasteiger partial charge on any atom is -0.493 e. The Hall–Kier alpha value is -3.42. The van der Waals surface area contributed by atoms with Crippen molar-refractivity contribution >= 4 is 17.5 Å². The Labute approximate surface area is 192 Å². The number of likely N-dealkylation sites (N-methyl/N-ethyl adjacent to an activating group) is 1. The SMILES string of the molecule is COc1ccc([C@H]2CC(c3ccccc3F)=NN2C(=O)CN(C)C(=O)C2CCC2)cc1OC. The van der Waals surface area contributed by atoms with Crippen LogP contribution in [0.25, 0.3) is 0 Å². The Morgan fingerprint density at radius 3 is 2.48 bits per heavy atom. The van der Waals surface area contributed by atoms with Crippen LogP contribution in [0.5, 0.6) is 11.5 Å². The number of hydrogen-bond donors (Lipinski definition) is 0.